The zero-order chi connectivity index (χ0) is 11.4. The van der Waals surface area contributed by atoms with Gasteiger partial charge in [0.1, 0.15) is 5.78 Å². The molecule has 1 aliphatic carbocycles. The zero-order valence-electron chi connectivity index (χ0n) is 10.2. The Bertz CT molecular complexity index is 236. The molecular weight excluding hydrogens is 200 g/mol. The van der Waals surface area contributed by atoms with Crippen LogP contribution in [0.15, 0.2) is 0 Å². The summed E-state index contributed by atoms with van der Waals surface area (Å²) in [5.74, 6) is 0.820. The van der Waals surface area contributed by atoms with Crippen LogP contribution in [0.3, 0.4) is 0 Å². The Morgan fingerprint density at radius 3 is 2.56 bits per heavy atom. The molecule has 16 heavy (non-hydrogen) atoms. The van der Waals surface area contributed by atoms with Crippen molar-refractivity contribution in [3.05, 3.63) is 0 Å². The van der Waals surface area contributed by atoms with Gasteiger partial charge < -0.3 is 5.73 Å². The predicted molar refractivity (Wildman–Crippen MR) is 65.2 cm³/mol. The van der Waals surface area contributed by atoms with Crippen LogP contribution in [-0.4, -0.2) is 36.4 Å². The van der Waals surface area contributed by atoms with Crippen LogP contribution >= 0.6 is 0 Å². The lowest BCUT2D eigenvalue weighted by Crippen LogP contribution is -2.45. The van der Waals surface area contributed by atoms with Gasteiger partial charge in [-0.1, -0.05) is 19.3 Å². The maximum absolute atomic E-state index is 12.1. The van der Waals surface area contributed by atoms with E-state index in [-0.39, 0.29) is 6.04 Å². The highest BCUT2D eigenvalue weighted by Crippen LogP contribution is 2.24. The maximum atomic E-state index is 12.1. The predicted octanol–water partition coefficient (Wildman–Crippen LogP) is 1.56. The molecule has 0 radical (unpaired) electrons. The molecule has 2 N–H and O–H groups in total. The van der Waals surface area contributed by atoms with E-state index < -0.39 is 0 Å². The molecule has 0 amide bonds. The van der Waals surface area contributed by atoms with Crippen LogP contribution in [0.25, 0.3) is 0 Å². The van der Waals surface area contributed by atoms with Crippen molar-refractivity contribution in [2.75, 3.05) is 19.6 Å². The summed E-state index contributed by atoms with van der Waals surface area (Å²) in [6.07, 6.45) is 8.33. The summed E-state index contributed by atoms with van der Waals surface area (Å²) in [7, 11) is 0. The van der Waals surface area contributed by atoms with E-state index in [1.165, 1.54) is 19.3 Å². The number of nitrogens with two attached hydrogens (primary N) is 1. The Morgan fingerprint density at radius 2 is 1.88 bits per heavy atom. The fourth-order valence-electron chi connectivity index (χ4n) is 3.01. The molecule has 3 heteroatoms. The molecule has 2 aliphatic rings. The summed E-state index contributed by atoms with van der Waals surface area (Å²) in [5, 5.41) is 0. The molecule has 2 fully saturated rings. The molecule has 1 heterocycles. The van der Waals surface area contributed by atoms with E-state index in [1.807, 2.05) is 0 Å². The van der Waals surface area contributed by atoms with Crippen molar-refractivity contribution in [3.8, 4) is 0 Å². The third kappa shape index (κ3) is 3.29. The van der Waals surface area contributed by atoms with E-state index in [0.29, 0.717) is 18.2 Å². The summed E-state index contributed by atoms with van der Waals surface area (Å²) >= 11 is 0. The topological polar surface area (TPSA) is 46.3 Å². The molecule has 1 unspecified atom stereocenters. The van der Waals surface area contributed by atoms with Crippen LogP contribution in [0.5, 0.6) is 0 Å². The molecule has 0 aromatic heterocycles. The third-order valence-corrected chi connectivity index (χ3v) is 3.98. The van der Waals surface area contributed by atoms with Gasteiger partial charge in [0.2, 0.25) is 0 Å². The first-order chi connectivity index (χ1) is 7.75. The number of rotatable bonds is 3. The lowest BCUT2D eigenvalue weighted by atomic mass is 9.86. The van der Waals surface area contributed by atoms with E-state index in [4.69, 9.17) is 5.73 Å². The smallest absolute Gasteiger partial charge is 0.149 e. The normalized spacial score (nSPS) is 29.2. The van der Waals surface area contributed by atoms with Gasteiger partial charge in [-0.2, -0.15) is 0 Å². The number of hydrogen-bond donors (Lipinski definition) is 1. The second-order valence-corrected chi connectivity index (χ2v) is 5.44. The average Bonchev–Trinajstić information content (AvgIpc) is 2.30. The van der Waals surface area contributed by atoms with E-state index >= 15 is 0 Å². The highest BCUT2D eigenvalue weighted by atomic mass is 16.1. The number of likely N-dealkylation sites (tertiary alicyclic amines) is 1. The van der Waals surface area contributed by atoms with Gasteiger partial charge in [0.05, 0.1) is 6.54 Å². The Kier molecular flexibility index (Phi) is 4.36. The van der Waals surface area contributed by atoms with Gasteiger partial charge in [0.25, 0.3) is 0 Å². The number of nitrogens with zero attached hydrogens (tertiary/aromatic N) is 1. The van der Waals surface area contributed by atoms with Gasteiger partial charge in [-0.15, -0.1) is 0 Å². The van der Waals surface area contributed by atoms with Gasteiger partial charge in [-0.05, 0) is 32.2 Å². The SMILES string of the molecule is NC1CCCN(CC(=O)C2CCCCC2)C1. The van der Waals surface area contributed by atoms with Gasteiger partial charge in [0, 0.05) is 18.5 Å². The molecule has 3 nitrogen and oxygen atoms in total. The minimum absolute atomic E-state index is 0.285. The van der Waals surface area contributed by atoms with Crippen LogP contribution < -0.4 is 5.73 Å². The number of Topliss-reactive ketones (excluding diaryl/α,β-unsaturated/α-hetero) is 1. The molecule has 0 bridgehead atoms. The molecule has 92 valence electrons. The average molecular weight is 224 g/mol. The summed E-state index contributed by atoms with van der Waals surface area (Å²) in [6, 6.07) is 0.285. The summed E-state index contributed by atoms with van der Waals surface area (Å²) in [4.78, 5) is 14.3. The van der Waals surface area contributed by atoms with Crippen LogP contribution in [0.1, 0.15) is 44.9 Å². The maximum Gasteiger partial charge on any atom is 0.149 e. The Morgan fingerprint density at radius 1 is 1.12 bits per heavy atom. The molecule has 0 spiro atoms. The molecular formula is C13H24N2O. The molecule has 1 saturated heterocycles. The number of carbonyl (C=O) groups excluding carboxylic acids is 1. The minimum atomic E-state index is 0.285. The Balaban J connectivity index is 1.77. The van der Waals surface area contributed by atoms with Crippen LogP contribution in [0.4, 0.5) is 0 Å². The first kappa shape index (κ1) is 12.1. The van der Waals surface area contributed by atoms with Crippen molar-refractivity contribution < 1.29 is 4.79 Å². The lowest BCUT2D eigenvalue weighted by molar-refractivity contribution is -0.125. The molecule has 1 saturated carbocycles. The van der Waals surface area contributed by atoms with Crippen molar-refractivity contribution in [2.45, 2.75) is 51.0 Å². The number of ketones is 1. The van der Waals surface area contributed by atoms with Gasteiger partial charge in [-0.25, -0.2) is 0 Å². The second kappa shape index (κ2) is 5.78. The minimum Gasteiger partial charge on any atom is -0.327 e. The van der Waals surface area contributed by atoms with Crippen molar-refractivity contribution in [1.82, 2.24) is 4.90 Å². The quantitative estimate of drug-likeness (QED) is 0.791. The highest BCUT2D eigenvalue weighted by molar-refractivity contribution is 5.83. The van der Waals surface area contributed by atoms with Crippen molar-refractivity contribution in [1.29, 1.82) is 0 Å². The first-order valence-corrected chi connectivity index (χ1v) is 6.76. The first-order valence-electron chi connectivity index (χ1n) is 6.76. The summed E-state index contributed by atoms with van der Waals surface area (Å²) in [5.41, 5.74) is 5.93. The van der Waals surface area contributed by atoms with Gasteiger partial charge in [0.15, 0.2) is 0 Å². The number of piperidine rings is 1. The summed E-state index contributed by atoms with van der Waals surface area (Å²) in [6.45, 7) is 2.63. The lowest BCUT2D eigenvalue weighted by Gasteiger charge is -2.31. The number of carbonyl (C=O) groups is 1. The van der Waals surface area contributed by atoms with Crippen LogP contribution in [0, 0.1) is 5.92 Å². The van der Waals surface area contributed by atoms with Crippen molar-refractivity contribution in [3.63, 3.8) is 0 Å². The Labute approximate surface area is 98.4 Å². The fourth-order valence-corrected chi connectivity index (χ4v) is 3.01. The van der Waals surface area contributed by atoms with Gasteiger partial charge in [-0.3, -0.25) is 9.69 Å². The van der Waals surface area contributed by atoms with E-state index in [1.54, 1.807) is 0 Å². The number of hydrogen-bond acceptors (Lipinski definition) is 3. The summed E-state index contributed by atoms with van der Waals surface area (Å²) < 4.78 is 0. The molecule has 1 atom stereocenters. The zero-order valence-corrected chi connectivity index (χ0v) is 10.2. The molecule has 0 aromatic rings. The second-order valence-electron chi connectivity index (χ2n) is 5.44. The fraction of sp³-hybridized carbons (Fsp3) is 0.923. The Hall–Kier alpha value is -0.410. The monoisotopic (exact) mass is 224 g/mol. The molecule has 0 aromatic carbocycles. The van der Waals surface area contributed by atoms with Crippen LogP contribution in [0.2, 0.25) is 0 Å². The molecule has 2 rings (SSSR count). The largest absolute Gasteiger partial charge is 0.327 e. The third-order valence-electron chi connectivity index (χ3n) is 3.98. The van der Waals surface area contributed by atoms with E-state index in [9.17, 15) is 4.79 Å². The van der Waals surface area contributed by atoms with Gasteiger partial charge >= 0.3 is 0 Å². The molecule has 1 aliphatic heterocycles. The highest BCUT2D eigenvalue weighted by Gasteiger charge is 2.24. The van der Waals surface area contributed by atoms with Crippen molar-refractivity contribution in [2.24, 2.45) is 11.7 Å². The van der Waals surface area contributed by atoms with E-state index in [0.717, 1.165) is 38.8 Å². The standard InChI is InChI=1S/C13H24N2O/c14-12-7-4-8-15(9-12)10-13(16)11-5-2-1-3-6-11/h11-12H,1-10,14H2. The van der Waals surface area contributed by atoms with Crippen LogP contribution in [-0.2, 0) is 4.79 Å². The van der Waals surface area contributed by atoms with Crippen molar-refractivity contribution >= 4 is 5.78 Å². The van der Waals surface area contributed by atoms with E-state index in [2.05, 4.69) is 4.90 Å².